The number of hydrogen-bond acceptors (Lipinski definition) is 4. The first-order valence-electron chi connectivity index (χ1n) is 3.47. The second-order valence-electron chi connectivity index (χ2n) is 2.67. The Kier molecular flexibility index (Phi) is 2.82. The lowest BCUT2D eigenvalue weighted by molar-refractivity contribution is -0.142. The fourth-order valence-corrected chi connectivity index (χ4v) is 1.29. The van der Waals surface area contributed by atoms with E-state index in [2.05, 4.69) is 4.52 Å². The van der Waals surface area contributed by atoms with E-state index in [4.69, 9.17) is 10.5 Å². The first-order chi connectivity index (χ1) is 5.19. The third-order valence-corrected chi connectivity index (χ3v) is 2.11. The molecule has 1 saturated heterocycles. The fourth-order valence-electron chi connectivity index (χ4n) is 1.06. The predicted molar refractivity (Wildman–Crippen MR) is 42.8 cm³/mol. The summed E-state index contributed by atoms with van der Waals surface area (Å²) >= 11 is 0. The van der Waals surface area contributed by atoms with Crippen molar-refractivity contribution < 1.29 is 14.1 Å². The molecule has 1 unspecified atom stereocenters. The minimum absolute atomic E-state index is 0.370. The quantitative estimate of drug-likeness (QED) is 0.565. The molecule has 0 amide bonds. The summed E-state index contributed by atoms with van der Waals surface area (Å²) in [5.41, 5.74) is 4.93. The Balaban J connectivity index is 2.56. The smallest absolute Gasteiger partial charge is 0.328 e. The van der Waals surface area contributed by atoms with E-state index in [0.717, 1.165) is 0 Å². The molecule has 4 nitrogen and oxygen atoms in total. The molecule has 1 atom stereocenters. The van der Waals surface area contributed by atoms with Gasteiger partial charge >= 0.3 is 5.97 Å². The van der Waals surface area contributed by atoms with E-state index >= 15 is 0 Å². The van der Waals surface area contributed by atoms with Crippen LogP contribution in [0.5, 0.6) is 0 Å². The van der Waals surface area contributed by atoms with Crippen LogP contribution in [0.25, 0.3) is 0 Å². The van der Waals surface area contributed by atoms with Gasteiger partial charge < -0.3 is 15.0 Å². The molecule has 0 aliphatic carbocycles. The standard InChI is InChI=1S/C6H12NO3P/c7-6(5(8)10-11)1-3-9-4-2-6/h1-4,7,11H2. The summed E-state index contributed by atoms with van der Waals surface area (Å²) in [6, 6.07) is 0. The van der Waals surface area contributed by atoms with E-state index in [9.17, 15) is 4.79 Å². The highest BCUT2D eigenvalue weighted by Gasteiger charge is 2.36. The fraction of sp³-hybridized carbons (Fsp3) is 0.833. The minimum atomic E-state index is -0.819. The third-order valence-electron chi connectivity index (χ3n) is 1.90. The SMILES string of the molecule is NC1(C(=O)OP)CCOCC1. The lowest BCUT2D eigenvalue weighted by Crippen LogP contribution is -2.52. The van der Waals surface area contributed by atoms with Crippen LogP contribution in [0.4, 0.5) is 0 Å². The topological polar surface area (TPSA) is 61.6 Å². The van der Waals surface area contributed by atoms with E-state index in [1.807, 2.05) is 9.47 Å². The highest BCUT2D eigenvalue weighted by molar-refractivity contribution is 7.10. The molecule has 1 rings (SSSR count). The van der Waals surface area contributed by atoms with Crippen molar-refractivity contribution in [2.45, 2.75) is 18.4 Å². The zero-order valence-corrected chi connectivity index (χ0v) is 7.36. The zero-order chi connectivity index (χ0) is 8.32. The van der Waals surface area contributed by atoms with Crippen molar-refractivity contribution in [1.29, 1.82) is 0 Å². The lowest BCUT2D eigenvalue weighted by atomic mass is 9.92. The Hall–Kier alpha value is -0.180. The molecule has 1 aliphatic heterocycles. The van der Waals surface area contributed by atoms with Gasteiger partial charge in [0.2, 0.25) is 0 Å². The number of carbonyl (C=O) groups is 1. The maximum Gasteiger partial charge on any atom is 0.328 e. The Bertz CT molecular complexity index is 156. The summed E-state index contributed by atoms with van der Waals surface area (Å²) in [7, 11) is 1.91. The van der Waals surface area contributed by atoms with Crippen LogP contribution in [0, 0.1) is 0 Å². The maximum absolute atomic E-state index is 11.1. The Labute approximate surface area is 67.7 Å². The van der Waals surface area contributed by atoms with Crippen LogP contribution < -0.4 is 5.73 Å². The molecule has 0 radical (unpaired) electrons. The summed E-state index contributed by atoms with van der Waals surface area (Å²) in [5.74, 6) is -0.370. The van der Waals surface area contributed by atoms with E-state index < -0.39 is 5.54 Å². The van der Waals surface area contributed by atoms with Gasteiger partial charge in [0.1, 0.15) is 5.54 Å². The maximum atomic E-state index is 11.1. The number of hydrogen-bond donors (Lipinski definition) is 1. The van der Waals surface area contributed by atoms with Gasteiger partial charge in [0.25, 0.3) is 0 Å². The monoisotopic (exact) mass is 177 g/mol. The summed E-state index contributed by atoms with van der Waals surface area (Å²) in [6.07, 6.45) is 1.08. The van der Waals surface area contributed by atoms with E-state index in [1.165, 1.54) is 0 Å². The number of carbonyl (C=O) groups excluding carboxylic acids is 1. The zero-order valence-electron chi connectivity index (χ0n) is 6.21. The second-order valence-corrected chi connectivity index (χ2v) is 2.91. The first-order valence-corrected chi connectivity index (χ1v) is 3.94. The molecule has 0 aromatic carbocycles. The van der Waals surface area contributed by atoms with Gasteiger partial charge in [-0.15, -0.1) is 0 Å². The Morgan fingerprint density at radius 1 is 1.55 bits per heavy atom. The van der Waals surface area contributed by atoms with Crippen LogP contribution in [-0.4, -0.2) is 24.7 Å². The molecule has 1 aliphatic rings. The van der Waals surface area contributed by atoms with Crippen molar-refractivity contribution in [2.24, 2.45) is 5.73 Å². The highest BCUT2D eigenvalue weighted by atomic mass is 31.0. The van der Waals surface area contributed by atoms with Crippen LogP contribution in [0.2, 0.25) is 0 Å². The van der Waals surface area contributed by atoms with Crippen LogP contribution in [0.3, 0.4) is 0 Å². The minimum Gasteiger partial charge on any atom is -0.450 e. The molecule has 0 saturated carbocycles. The molecular weight excluding hydrogens is 165 g/mol. The summed E-state index contributed by atoms with van der Waals surface area (Å²) in [5, 5.41) is 0. The summed E-state index contributed by atoms with van der Waals surface area (Å²) < 4.78 is 9.55. The van der Waals surface area contributed by atoms with E-state index in [1.54, 1.807) is 0 Å². The molecule has 11 heavy (non-hydrogen) atoms. The average Bonchev–Trinajstić information content (AvgIpc) is 2.04. The van der Waals surface area contributed by atoms with Crippen molar-refractivity contribution in [2.75, 3.05) is 13.2 Å². The van der Waals surface area contributed by atoms with Gasteiger partial charge in [0.15, 0.2) is 0 Å². The number of nitrogens with two attached hydrogens (primary N) is 1. The van der Waals surface area contributed by atoms with Gasteiger partial charge in [0.05, 0.1) is 9.47 Å². The molecule has 0 bridgehead atoms. The van der Waals surface area contributed by atoms with Crippen molar-refractivity contribution in [3.8, 4) is 0 Å². The number of ether oxygens (including phenoxy) is 1. The molecule has 64 valence electrons. The highest BCUT2D eigenvalue weighted by Crippen LogP contribution is 2.19. The van der Waals surface area contributed by atoms with Gasteiger partial charge in [-0.3, -0.25) is 0 Å². The van der Waals surface area contributed by atoms with Crippen molar-refractivity contribution >= 4 is 15.4 Å². The van der Waals surface area contributed by atoms with Gasteiger partial charge in [-0.25, -0.2) is 4.79 Å². The molecule has 0 aromatic heterocycles. The van der Waals surface area contributed by atoms with Crippen molar-refractivity contribution in [1.82, 2.24) is 0 Å². The molecule has 1 heterocycles. The van der Waals surface area contributed by atoms with Gasteiger partial charge in [-0.05, 0) is 12.8 Å². The molecule has 0 spiro atoms. The van der Waals surface area contributed by atoms with Crippen LogP contribution in [0.1, 0.15) is 12.8 Å². The summed E-state index contributed by atoms with van der Waals surface area (Å²) in [4.78, 5) is 11.1. The normalized spacial score (nSPS) is 22.7. The Morgan fingerprint density at radius 2 is 2.09 bits per heavy atom. The van der Waals surface area contributed by atoms with Gasteiger partial charge in [-0.1, -0.05) is 0 Å². The van der Waals surface area contributed by atoms with Crippen LogP contribution >= 0.6 is 9.47 Å². The summed E-state index contributed by atoms with van der Waals surface area (Å²) in [6.45, 7) is 1.08. The van der Waals surface area contributed by atoms with Gasteiger partial charge in [0, 0.05) is 13.2 Å². The predicted octanol–water partition coefficient (Wildman–Crippen LogP) is -0.172. The largest absolute Gasteiger partial charge is 0.450 e. The van der Waals surface area contributed by atoms with Crippen LogP contribution in [-0.2, 0) is 14.1 Å². The Morgan fingerprint density at radius 3 is 2.55 bits per heavy atom. The van der Waals surface area contributed by atoms with Crippen LogP contribution in [0.15, 0.2) is 0 Å². The van der Waals surface area contributed by atoms with E-state index in [0.29, 0.717) is 26.1 Å². The molecule has 5 heteroatoms. The van der Waals surface area contributed by atoms with Crippen molar-refractivity contribution in [3.63, 3.8) is 0 Å². The molecule has 2 N–H and O–H groups in total. The number of rotatable bonds is 1. The lowest BCUT2D eigenvalue weighted by Gasteiger charge is -2.29. The molecule has 1 fully saturated rings. The van der Waals surface area contributed by atoms with E-state index in [-0.39, 0.29) is 5.97 Å². The second kappa shape index (κ2) is 3.48. The van der Waals surface area contributed by atoms with Gasteiger partial charge in [-0.2, -0.15) is 0 Å². The van der Waals surface area contributed by atoms with Crippen molar-refractivity contribution in [3.05, 3.63) is 0 Å². The third kappa shape index (κ3) is 1.89. The molecular formula is C6H12NO3P. The molecule has 0 aromatic rings. The first kappa shape index (κ1) is 8.91. The average molecular weight is 177 g/mol.